The minimum atomic E-state index is -4.22. The van der Waals surface area contributed by atoms with Crippen LogP contribution in [0.15, 0.2) is 29.2 Å². The third kappa shape index (κ3) is 7.43. The maximum atomic E-state index is 12.1. The number of carbonyl (C=O) groups is 3. The Kier molecular flexibility index (Phi) is 8.04. The highest BCUT2D eigenvalue weighted by molar-refractivity contribution is 7.90. The molecule has 0 saturated carbocycles. The monoisotopic (exact) mass is 419 g/mol. The van der Waals surface area contributed by atoms with Gasteiger partial charge in [0.25, 0.3) is 15.9 Å². The second-order valence-electron chi connectivity index (χ2n) is 6.20. The van der Waals surface area contributed by atoms with E-state index in [1.54, 1.807) is 4.72 Å². The summed E-state index contributed by atoms with van der Waals surface area (Å²) in [7, 11) is -4.22. The molecule has 27 heavy (non-hydrogen) atoms. The lowest BCUT2D eigenvalue weighted by molar-refractivity contribution is -0.132. The van der Waals surface area contributed by atoms with Crippen molar-refractivity contribution >= 4 is 39.5 Å². The van der Waals surface area contributed by atoms with Crippen LogP contribution in [-0.2, 0) is 24.3 Å². The highest BCUT2D eigenvalue weighted by Crippen LogP contribution is 2.15. The van der Waals surface area contributed by atoms with Crippen LogP contribution in [0.4, 0.5) is 4.79 Å². The number of amides is 3. The number of nitrogens with two attached hydrogens (primary N) is 1. The van der Waals surface area contributed by atoms with Crippen molar-refractivity contribution in [3.05, 3.63) is 29.3 Å². The molecule has 0 aliphatic carbocycles. The Labute approximate surface area is 162 Å². The van der Waals surface area contributed by atoms with Gasteiger partial charge in [-0.05, 0) is 37.5 Å². The van der Waals surface area contributed by atoms with Gasteiger partial charge in [0.1, 0.15) is 6.04 Å². The fraction of sp³-hybridized carbons (Fsp3) is 0.438. The summed E-state index contributed by atoms with van der Waals surface area (Å²) in [5, 5.41) is 2.54. The molecule has 0 unspecified atom stereocenters. The lowest BCUT2D eigenvalue weighted by atomic mass is 10.0. The van der Waals surface area contributed by atoms with E-state index in [0.29, 0.717) is 6.42 Å². The second kappa shape index (κ2) is 9.56. The van der Waals surface area contributed by atoms with Crippen LogP contribution in [0, 0.1) is 5.92 Å². The van der Waals surface area contributed by atoms with Gasteiger partial charge in [0.2, 0.25) is 5.91 Å². The molecule has 1 rings (SSSR count). The van der Waals surface area contributed by atoms with E-state index >= 15 is 0 Å². The van der Waals surface area contributed by atoms with Gasteiger partial charge in [-0.1, -0.05) is 31.5 Å². The summed E-state index contributed by atoms with van der Waals surface area (Å²) in [6.07, 6.45) is -2.39. The van der Waals surface area contributed by atoms with Gasteiger partial charge < -0.3 is 15.8 Å². The van der Waals surface area contributed by atoms with Crippen LogP contribution in [0.2, 0.25) is 5.02 Å². The van der Waals surface area contributed by atoms with Crippen molar-refractivity contribution in [1.82, 2.24) is 10.0 Å². The maximum absolute atomic E-state index is 12.1. The fourth-order valence-corrected chi connectivity index (χ4v) is 3.23. The molecule has 150 valence electrons. The zero-order valence-electron chi connectivity index (χ0n) is 15.1. The molecule has 0 aromatic heterocycles. The highest BCUT2D eigenvalue weighted by Gasteiger charge is 2.26. The molecule has 1 aromatic carbocycles. The van der Waals surface area contributed by atoms with Gasteiger partial charge in [-0.15, -0.1) is 0 Å². The summed E-state index contributed by atoms with van der Waals surface area (Å²) in [4.78, 5) is 35.0. The SMILES string of the molecule is CC(C)C[C@H](NC(=O)[C@H](C)OC(=O)NS(=O)(=O)c1cccc(Cl)c1)C(N)=O. The van der Waals surface area contributed by atoms with E-state index in [4.69, 9.17) is 22.1 Å². The van der Waals surface area contributed by atoms with Crippen molar-refractivity contribution in [2.45, 2.75) is 44.2 Å². The molecule has 0 aliphatic rings. The highest BCUT2D eigenvalue weighted by atomic mass is 35.5. The molecule has 0 aliphatic heterocycles. The van der Waals surface area contributed by atoms with E-state index in [2.05, 4.69) is 5.32 Å². The average Bonchev–Trinajstić information content (AvgIpc) is 2.52. The van der Waals surface area contributed by atoms with Crippen LogP contribution in [0.25, 0.3) is 0 Å². The van der Waals surface area contributed by atoms with E-state index < -0.39 is 40.1 Å². The Balaban J connectivity index is 2.70. The number of benzene rings is 1. The standard InChI is InChI=1S/C16H22ClN3O6S/c1-9(2)7-13(14(18)21)19-15(22)10(3)26-16(23)20-27(24,25)12-6-4-5-11(17)8-12/h4-6,8-10,13H,7H2,1-3H3,(H2,18,21)(H,19,22)(H,20,23)/t10-,13-/m0/s1. The number of carbonyl (C=O) groups excluding carboxylic acids is 3. The summed E-state index contributed by atoms with van der Waals surface area (Å²) in [6.45, 7) is 4.92. The number of sulfonamides is 1. The Morgan fingerprint density at radius 3 is 2.37 bits per heavy atom. The number of halogens is 1. The average molecular weight is 420 g/mol. The van der Waals surface area contributed by atoms with Crippen molar-refractivity contribution in [3.63, 3.8) is 0 Å². The van der Waals surface area contributed by atoms with Gasteiger partial charge in [0, 0.05) is 5.02 Å². The molecule has 3 amide bonds. The van der Waals surface area contributed by atoms with Crippen LogP contribution in [0.3, 0.4) is 0 Å². The van der Waals surface area contributed by atoms with Gasteiger partial charge in [-0.2, -0.15) is 0 Å². The van der Waals surface area contributed by atoms with E-state index in [-0.39, 0.29) is 15.8 Å². The predicted molar refractivity (Wildman–Crippen MR) is 98.3 cm³/mol. The first kappa shape index (κ1) is 22.7. The normalized spacial score (nSPS) is 13.5. The summed E-state index contributed by atoms with van der Waals surface area (Å²) in [6, 6.07) is 4.33. The molecule has 0 bridgehead atoms. The first-order valence-corrected chi connectivity index (χ1v) is 9.87. The van der Waals surface area contributed by atoms with Crippen molar-refractivity contribution in [2.24, 2.45) is 11.7 Å². The van der Waals surface area contributed by atoms with E-state index in [0.717, 1.165) is 6.07 Å². The van der Waals surface area contributed by atoms with Gasteiger partial charge in [-0.25, -0.2) is 17.9 Å². The van der Waals surface area contributed by atoms with Gasteiger partial charge >= 0.3 is 6.09 Å². The zero-order valence-corrected chi connectivity index (χ0v) is 16.6. The number of nitrogens with one attached hydrogen (secondary N) is 2. The molecule has 2 atom stereocenters. The van der Waals surface area contributed by atoms with E-state index in [9.17, 15) is 22.8 Å². The Hall–Kier alpha value is -2.33. The molecule has 1 aromatic rings. The summed E-state index contributed by atoms with van der Waals surface area (Å²) in [5.41, 5.74) is 5.23. The minimum Gasteiger partial charge on any atom is -0.436 e. The van der Waals surface area contributed by atoms with Crippen molar-refractivity contribution in [1.29, 1.82) is 0 Å². The van der Waals surface area contributed by atoms with Crippen molar-refractivity contribution in [2.75, 3.05) is 0 Å². The first-order valence-electron chi connectivity index (χ1n) is 8.01. The van der Waals surface area contributed by atoms with Crippen LogP contribution < -0.4 is 15.8 Å². The van der Waals surface area contributed by atoms with Crippen LogP contribution in [0.5, 0.6) is 0 Å². The number of rotatable bonds is 8. The Morgan fingerprint density at radius 2 is 1.85 bits per heavy atom. The van der Waals surface area contributed by atoms with Gasteiger partial charge in [-0.3, -0.25) is 9.59 Å². The number of hydrogen-bond acceptors (Lipinski definition) is 6. The molecular formula is C16H22ClN3O6S. The molecule has 9 nitrogen and oxygen atoms in total. The molecule has 0 fully saturated rings. The zero-order chi connectivity index (χ0) is 20.8. The molecule has 0 radical (unpaired) electrons. The summed E-state index contributed by atoms with van der Waals surface area (Å²) in [5.74, 6) is -1.42. The number of ether oxygens (including phenoxy) is 1. The van der Waals surface area contributed by atoms with Crippen LogP contribution in [0.1, 0.15) is 27.2 Å². The first-order chi connectivity index (χ1) is 12.4. The smallest absolute Gasteiger partial charge is 0.421 e. The molecular weight excluding hydrogens is 398 g/mol. The van der Waals surface area contributed by atoms with E-state index in [1.165, 1.54) is 25.1 Å². The molecule has 0 heterocycles. The third-order valence-corrected chi connectivity index (χ3v) is 4.89. The maximum Gasteiger partial charge on any atom is 0.421 e. The predicted octanol–water partition coefficient (Wildman–Crippen LogP) is 1.16. The fourth-order valence-electron chi connectivity index (χ4n) is 2.05. The van der Waals surface area contributed by atoms with Crippen LogP contribution >= 0.6 is 11.6 Å². The summed E-state index contributed by atoms with van der Waals surface area (Å²) < 4.78 is 30.6. The van der Waals surface area contributed by atoms with E-state index in [1.807, 2.05) is 13.8 Å². The number of primary amides is 1. The molecule has 11 heteroatoms. The van der Waals surface area contributed by atoms with Crippen molar-refractivity contribution in [3.8, 4) is 0 Å². The molecule has 0 saturated heterocycles. The molecule has 4 N–H and O–H groups in total. The molecule has 0 spiro atoms. The lowest BCUT2D eigenvalue weighted by Crippen LogP contribution is -2.49. The van der Waals surface area contributed by atoms with Gasteiger partial charge in [0.05, 0.1) is 4.90 Å². The van der Waals surface area contributed by atoms with Crippen LogP contribution in [-0.4, -0.2) is 38.5 Å². The van der Waals surface area contributed by atoms with Crippen molar-refractivity contribution < 1.29 is 27.5 Å². The lowest BCUT2D eigenvalue weighted by Gasteiger charge is -2.20. The minimum absolute atomic E-state index is 0.0881. The second-order valence-corrected chi connectivity index (χ2v) is 8.32. The Bertz CT molecular complexity index is 812. The summed E-state index contributed by atoms with van der Waals surface area (Å²) >= 11 is 5.72. The number of hydrogen-bond donors (Lipinski definition) is 3. The quantitative estimate of drug-likeness (QED) is 0.576. The van der Waals surface area contributed by atoms with Gasteiger partial charge in [0.15, 0.2) is 6.10 Å². The topological polar surface area (TPSA) is 145 Å². The third-order valence-electron chi connectivity index (χ3n) is 3.34. The largest absolute Gasteiger partial charge is 0.436 e. The Morgan fingerprint density at radius 1 is 1.22 bits per heavy atom.